The number of H-pyrrole nitrogens is 4. The molecule has 5 amide bonds. The zero-order valence-corrected chi connectivity index (χ0v) is 71.8. The number of halogens is 3. The van der Waals surface area contributed by atoms with E-state index in [-0.39, 0.29) is 47.7 Å². The quantitative estimate of drug-likeness (QED) is 0.0275. The summed E-state index contributed by atoms with van der Waals surface area (Å²) in [4.78, 5) is 113. The van der Waals surface area contributed by atoms with Gasteiger partial charge in [0.25, 0.3) is 0 Å². The number of piperidine rings is 1. The summed E-state index contributed by atoms with van der Waals surface area (Å²) in [6, 6.07) is 34.2. The molecule has 11 atom stereocenters. The Balaban J connectivity index is 0.000000171. The Labute approximate surface area is 698 Å². The maximum absolute atomic E-state index is 14.4. The minimum Gasteiger partial charge on any atom is -0.480 e. The van der Waals surface area contributed by atoms with Gasteiger partial charge in [0.2, 0.25) is 11.8 Å². The number of aliphatic carboxylic acids is 1. The van der Waals surface area contributed by atoms with E-state index in [9.17, 15) is 28.8 Å². The third kappa shape index (κ3) is 18.9. The molecule has 4 aromatic carbocycles. The number of rotatable bonds is 19. The minimum atomic E-state index is -1.85. The Morgan fingerprint density at radius 3 is 1.25 bits per heavy atom. The van der Waals surface area contributed by atoms with Crippen molar-refractivity contribution in [3.63, 3.8) is 0 Å². The van der Waals surface area contributed by atoms with Crippen LogP contribution in [0.15, 0.2) is 97.1 Å². The van der Waals surface area contributed by atoms with Crippen molar-refractivity contribution in [1.82, 2.24) is 65.6 Å². The fourth-order valence-electron chi connectivity index (χ4n) is 19.0. The second kappa shape index (κ2) is 35.6. The van der Waals surface area contributed by atoms with Crippen LogP contribution in [0.25, 0.3) is 67.3 Å². The van der Waals surface area contributed by atoms with Crippen LogP contribution in [0.2, 0.25) is 59.8 Å². The molecule has 26 nitrogen and oxygen atoms in total. The summed E-state index contributed by atoms with van der Waals surface area (Å²) < 4.78 is 30.5. The lowest BCUT2D eigenvalue weighted by Gasteiger charge is -2.35. The predicted molar refractivity (Wildman–Crippen MR) is 451 cm³/mol. The largest absolute Gasteiger partial charge is 0.480 e. The summed E-state index contributed by atoms with van der Waals surface area (Å²) in [5.41, 5.74) is 12.3. The van der Waals surface area contributed by atoms with Gasteiger partial charge >= 0.3 is 24.2 Å². The van der Waals surface area contributed by atoms with Gasteiger partial charge in [0.1, 0.15) is 74.0 Å². The number of carboxylic acid groups (broad SMARTS) is 1. The number of alkyl carbamates (subject to hydrolysis) is 3. The normalized spacial score (nSPS) is 24.0. The van der Waals surface area contributed by atoms with E-state index in [4.69, 9.17) is 83.5 Å². The van der Waals surface area contributed by atoms with Crippen LogP contribution in [0.3, 0.4) is 0 Å². The average molecular weight is 1690 g/mol. The molecule has 0 spiro atoms. The molecule has 4 aromatic heterocycles. The first kappa shape index (κ1) is 83.2. The summed E-state index contributed by atoms with van der Waals surface area (Å²) in [6.07, 6.45) is 9.64. The van der Waals surface area contributed by atoms with Crippen molar-refractivity contribution in [3.8, 4) is 67.3 Å². The molecule has 9 aliphatic rings. The molecule has 622 valence electrons. The number of carbonyl (C=O) groups excluding carboxylic acids is 5. The molecule has 17 rings (SSSR count). The third-order valence-corrected chi connectivity index (χ3v) is 32.4. The van der Waals surface area contributed by atoms with Gasteiger partial charge in [0, 0.05) is 99.7 Å². The molecule has 10 heterocycles. The van der Waals surface area contributed by atoms with Crippen LogP contribution in [-0.4, -0.2) is 198 Å². The third-order valence-electron chi connectivity index (χ3n) is 25.6. The van der Waals surface area contributed by atoms with Gasteiger partial charge in [-0.05, 0) is 154 Å². The Hall–Kier alpha value is -8.88. The second-order valence-electron chi connectivity index (χ2n) is 34.7. The molecule has 0 bridgehead atoms. The van der Waals surface area contributed by atoms with E-state index in [1.54, 1.807) is 0 Å². The van der Waals surface area contributed by atoms with Crippen molar-refractivity contribution in [2.24, 2.45) is 35.5 Å². The highest BCUT2D eigenvalue weighted by molar-refractivity contribution is 6.78. The molecule has 6 saturated heterocycles. The van der Waals surface area contributed by atoms with Crippen LogP contribution in [0.1, 0.15) is 130 Å². The number of benzene rings is 4. The predicted octanol–water partition coefficient (Wildman–Crippen LogP) is 16.6. The summed E-state index contributed by atoms with van der Waals surface area (Å²) >= 11 is 20.0. The SMILES string of the molecule is COC(=O)N[C@H](C(=O)N1C[Si](C)(C)C[C@H]1c1nc(-c2ccc(-c3ccc(-c4nc([C@@H]5C[C@H]6C[C@H]6N5C(=O)[C@@H](NC(=O)OC)C5CCOCC5)[nH]c4C)cc3)cc2)c(Cl)[nH]1)C1CCOCC1.COC(=O)N[C@H](C(=O)O)C1CCOCC1.C[Si]1(C)CC[C@H](c2nc(-c3ccc(-c4ccc(-c5nc(C6C[C@@H]7C[C@@H]7C6)[nH]c5Cl)cc4)cc3)c(Cl)[nH]2)C1. The van der Waals surface area contributed by atoms with E-state index in [0.29, 0.717) is 129 Å². The number of nitrogens with one attached hydrogen (secondary N) is 7. The summed E-state index contributed by atoms with van der Waals surface area (Å²) in [5.74, 6) is 5.42. The molecule has 1 unspecified atom stereocenters. The summed E-state index contributed by atoms with van der Waals surface area (Å²) in [6.45, 7) is 14.8. The van der Waals surface area contributed by atoms with Crippen LogP contribution in [0.5, 0.6) is 0 Å². The number of carbonyl (C=O) groups is 6. The zero-order valence-electron chi connectivity index (χ0n) is 67.5. The number of aryl methyl sites for hydroxylation is 1. The molecule has 9 fully saturated rings. The number of fused-ring (bicyclic) bond motifs is 2. The first-order valence-electron chi connectivity index (χ1n) is 41.2. The number of methoxy groups -OCH3 is 3. The van der Waals surface area contributed by atoms with Crippen LogP contribution in [-0.2, 0) is 42.8 Å². The van der Waals surface area contributed by atoms with Crippen LogP contribution < -0.4 is 16.0 Å². The topological polar surface area (TPSA) is 335 Å². The maximum Gasteiger partial charge on any atom is 0.407 e. The smallest absolute Gasteiger partial charge is 0.407 e. The van der Waals surface area contributed by atoms with E-state index in [0.717, 1.165) is 115 Å². The monoisotopic (exact) mass is 1690 g/mol. The van der Waals surface area contributed by atoms with Crippen LogP contribution in [0, 0.1) is 42.4 Å². The second-order valence-corrected chi connectivity index (χ2v) is 46.1. The average Bonchev–Trinajstić information content (AvgIpc) is 1.57. The zero-order chi connectivity index (χ0) is 82.1. The van der Waals surface area contributed by atoms with Gasteiger partial charge in [-0.3, -0.25) is 9.59 Å². The number of nitrogens with zero attached hydrogens (tertiary/aromatic N) is 6. The molecule has 6 aliphatic heterocycles. The highest BCUT2D eigenvalue weighted by atomic mass is 35.5. The Morgan fingerprint density at radius 2 is 0.821 bits per heavy atom. The Morgan fingerprint density at radius 1 is 0.444 bits per heavy atom. The van der Waals surface area contributed by atoms with Crippen LogP contribution in [0.4, 0.5) is 14.4 Å². The standard InChI is InChI=1S/C47H59ClN8O8Si.C30H32Cl2N4Si.C9H15NO5/c1-26-37(50-42(49-26)35-23-33-22-34(33)56(35)45(58)40(53-47(60)62-3)32-16-20-64-21-17-32)29-10-6-27(7-11-29)28-8-12-30(13-9-28)38-41(48)54-43(51-38)36-24-65(4,5)25-55(36)44(57)39(52-46(59)61-2)31-14-18-63-19-15-31;1-37(2)12-11-21(16-37)29-33-25(27(31)35-29)19-7-3-17(4-8-19)18-5-9-20(10-6-18)26-28(32)36-30(34-26)24-14-22-13-23(22)15-24;1-14-9(13)10-7(8(11)12)6-2-4-15-5-3-6/h6-13,31-36,39-40H,14-25H2,1-5H3,(H,49,50)(H,51,54)(H,52,59)(H,53,60);3-10,21-24H,11-16H2,1-2H3,(H,33,35)(H,34,36);6-7H,2-5H2,1H3,(H,10,13)(H,11,12)/t33-,34-,35+,36+,39+,40+;21-,22-,23+,24?;7-/m100/s1. The number of carboxylic acids is 1. The van der Waals surface area contributed by atoms with Gasteiger partial charge in [-0.15, -0.1) is 0 Å². The van der Waals surface area contributed by atoms with E-state index in [1.165, 1.54) is 59.1 Å². The summed E-state index contributed by atoms with van der Waals surface area (Å²) in [7, 11) is 0.911. The van der Waals surface area contributed by atoms with Crippen LogP contribution >= 0.6 is 34.8 Å². The van der Waals surface area contributed by atoms with Gasteiger partial charge in [-0.2, -0.15) is 0 Å². The van der Waals surface area contributed by atoms with Gasteiger partial charge in [0.05, 0.1) is 47.2 Å². The van der Waals surface area contributed by atoms with Gasteiger partial charge in [-0.25, -0.2) is 39.1 Å². The maximum atomic E-state index is 14.4. The number of aromatic amines is 4. The molecular weight excluding hydrogens is 1590 g/mol. The molecule has 0 radical (unpaired) electrons. The molecule has 31 heteroatoms. The highest BCUT2D eigenvalue weighted by Crippen LogP contribution is 2.58. The lowest BCUT2D eigenvalue weighted by atomic mass is 9.90. The van der Waals surface area contributed by atoms with E-state index in [2.05, 4.69) is 140 Å². The molecule has 3 aliphatic carbocycles. The number of hydrogen-bond donors (Lipinski definition) is 8. The number of hydrogen-bond acceptors (Lipinski definition) is 16. The summed E-state index contributed by atoms with van der Waals surface area (Å²) in [5, 5.41) is 18.7. The lowest BCUT2D eigenvalue weighted by Crippen LogP contribution is -2.54. The highest BCUT2D eigenvalue weighted by Gasteiger charge is 2.57. The molecule has 117 heavy (non-hydrogen) atoms. The Kier molecular flexibility index (Phi) is 25.3. The molecular formula is C86H106Cl3N13O13Si2. The van der Waals surface area contributed by atoms with Crippen molar-refractivity contribution in [2.75, 3.05) is 67.1 Å². The van der Waals surface area contributed by atoms with E-state index in [1.807, 2.05) is 41.0 Å². The first-order valence-corrected chi connectivity index (χ1v) is 49.1. The van der Waals surface area contributed by atoms with Crippen molar-refractivity contribution < 1.29 is 62.3 Å². The fraction of sp³-hybridized carbons (Fsp3) is 0.512. The van der Waals surface area contributed by atoms with E-state index >= 15 is 0 Å². The molecule has 8 N–H and O–H groups in total. The number of ether oxygens (including phenoxy) is 6. The van der Waals surface area contributed by atoms with Gasteiger partial charge in [-0.1, -0.05) is 164 Å². The first-order chi connectivity index (χ1) is 56.3. The van der Waals surface area contributed by atoms with E-state index < -0.39 is 58.5 Å². The molecule has 8 aromatic rings. The number of aromatic nitrogens is 8. The van der Waals surface area contributed by atoms with Crippen molar-refractivity contribution in [1.29, 1.82) is 0 Å². The minimum absolute atomic E-state index is 0.0325. The van der Waals surface area contributed by atoms with Crippen molar-refractivity contribution in [3.05, 3.63) is 142 Å². The van der Waals surface area contributed by atoms with Crippen molar-refractivity contribution >= 4 is 87.0 Å². The van der Waals surface area contributed by atoms with Gasteiger partial charge in [0.15, 0.2) is 0 Å². The molecule has 3 saturated carbocycles. The number of imidazole rings is 4. The fourth-order valence-corrected chi connectivity index (χ4v) is 25.7. The lowest BCUT2D eigenvalue weighted by molar-refractivity contribution is -0.142. The number of likely N-dealkylation sites (tertiary alicyclic amines) is 1. The van der Waals surface area contributed by atoms with Gasteiger partial charge < -0.3 is 79.2 Å². The number of amides is 5. The van der Waals surface area contributed by atoms with Crippen molar-refractivity contribution in [2.45, 2.75) is 176 Å². The Bertz CT molecular complexity index is 4880.